The van der Waals surface area contributed by atoms with Gasteiger partial charge in [0, 0.05) is 22.5 Å². The first-order valence-electron chi connectivity index (χ1n) is 11.5. The standard InChI is InChI=1S/C26H25BrN4O4S2/c1-4-34-25(33)22-20(17-8-6-5-7-9-17)14-36-24(22)28-21(32)15-37-26-30-29-23(31(26)3)16(2)35-19-12-10-18(27)11-13-19/h5-14,16H,4,15H2,1-3H3,(H,28,32). The van der Waals surface area contributed by atoms with Gasteiger partial charge < -0.3 is 19.4 Å². The monoisotopic (exact) mass is 600 g/mol. The minimum Gasteiger partial charge on any atom is -0.483 e. The lowest BCUT2D eigenvalue weighted by Crippen LogP contribution is -2.17. The minimum atomic E-state index is -0.469. The Morgan fingerprint density at radius 1 is 1.14 bits per heavy atom. The Hall–Kier alpha value is -3.15. The Morgan fingerprint density at radius 3 is 2.57 bits per heavy atom. The number of hydrogen-bond donors (Lipinski definition) is 1. The van der Waals surface area contributed by atoms with E-state index in [2.05, 4.69) is 31.4 Å². The fourth-order valence-corrected chi connectivity index (χ4v) is 5.51. The SMILES string of the molecule is CCOC(=O)c1c(-c2ccccc2)csc1NC(=O)CSc1nnc(C(C)Oc2ccc(Br)cc2)n1C. The van der Waals surface area contributed by atoms with Gasteiger partial charge in [-0.25, -0.2) is 4.79 Å². The zero-order valence-corrected chi connectivity index (χ0v) is 23.7. The van der Waals surface area contributed by atoms with Gasteiger partial charge in [-0.1, -0.05) is 58.0 Å². The maximum Gasteiger partial charge on any atom is 0.341 e. The second-order valence-electron chi connectivity index (χ2n) is 7.89. The highest BCUT2D eigenvalue weighted by atomic mass is 79.9. The maximum absolute atomic E-state index is 12.8. The number of aromatic nitrogens is 3. The van der Waals surface area contributed by atoms with E-state index < -0.39 is 5.97 Å². The van der Waals surface area contributed by atoms with E-state index in [-0.39, 0.29) is 24.4 Å². The number of carbonyl (C=O) groups is 2. The first-order chi connectivity index (χ1) is 17.9. The lowest BCUT2D eigenvalue weighted by atomic mass is 10.0. The molecule has 0 saturated carbocycles. The normalized spacial score (nSPS) is 11.7. The van der Waals surface area contributed by atoms with Crippen LogP contribution in [0.2, 0.25) is 0 Å². The number of amides is 1. The van der Waals surface area contributed by atoms with Crippen LogP contribution >= 0.6 is 39.0 Å². The van der Waals surface area contributed by atoms with Crippen LogP contribution in [0.5, 0.6) is 5.75 Å². The average molecular weight is 602 g/mol. The molecule has 0 radical (unpaired) electrons. The van der Waals surface area contributed by atoms with Crippen molar-refractivity contribution < 1.29 is 19.1 Å². The van der Waals surface area contributed by atoms with Gasteiger partial charge in [0.25, 0.3) is 0 Å². The van der Waals surface area contributed by atoms with Crippen LogP contribution in [0.15, 0.2) is 69.6 Å². The summed E-state index contributed by atoms with van der Waals surface area (Å²) in [4.78, 5) is 25.6. The van der Waals surface area contributed by atoms with Gasteiger partial charge in [0.05, 0.1) is 12.4 Å². The first-order valence-corrected chi connectivity index (χ1v) is 14.1. The lowest BCUT2D eigenvalue weighted by molar-refractivity contribution is -0.113. The average Bonchev–Trinajstić information content (AvgIpc) is 3.48. The van der Waals surface area contributed by atoms with Crippen LogP contribution in [0.25, 0.3) is 11.1 Å². The molecule has 1 N–H and O–H groups in total. The summed E-state index contributed by atoms with van der Waals surface area (Å²) >= 11 is 5.96. The molecule has 0 fully saturated rings. The minimum absolute atomic E-state index is 0.0920. The summed E-state index contributed by atoms with van der Waals surface area (Å²) in [6.45, 7) is 3.89. The van der Waals surface area contributed by atoms with E-state index in [1.807, 2.05) is 78.5 Å². The number of ether oxygens (including phenoxy) is 2. The van der Waals surface area contributed by atoms with Gasteiger partial charge in [-0.3, -0.25) is 4.79 Å². The van der Waals surface area contributed by atoms with Gasteiger partial charge in [-0.15, -0.1) is 21.5 Å². The van der Waals surface area contributed by atoms with E-state index in [9.17, 15) is 9.59 Å². The van der Waals surface area contributed by atoms with Gasteiger partial charge in [-0.2, -0.15) is 0 Å². The third kappa shape index (κ3) is 6.60. The van der Waals surface area contributed by atoms with Crippen molar-refractivity contribution in [3.8, 4) is 16.9 Å². The summed E-state index contributed by atoms with van der Waals surface area (Å²) in [6, 6.07) is 17.1. The summed E-state index contributed by atoms with van der Waals surface area (Å²) in [5.74, 6) is 0.718. The molecule has 2 heterocycles. The molecule has 1 atom stereocenters. The van der Waals surface area contributed by atoms with Crippen LogP contribution in [0.3, 0.4) is 0 Å². The van der Waals surface area contributed by atoms with Gasteiger partial charge in [0.1, 0.15) is 16.3 Å². The fourth-order valence-electron chi connectivity index (χ4n) is 3.55. The molecule has 0 aliphatic heterocycles. The number of carbonyl (C=O) groups excluding carboxylic acids is 2. The number of halogens is 1. The molecular weight excluding hydrogens is 576 g/mol. The van der Waals surface area contributed by atoms with Gasteiger partial charge in [0.15, 0.2) is 17.1 Å². The number of benzene rings is 2. The third-order valence-electron chi connectivity index (χ3n) is 5.30. The van der Waals surface area contributed by atoms with E-state index in [0.717, 1.165) is 21.3 Å². The van der Waals surface area contributed by atoms with Gasteiger partial charge in [0.2, 0.25) is 5.91 Å². The number of nitrogens with zero attached hydrogens (tertiary/aromatic N) is 3. The van der Waals surface area contributed by atoms with E-state index >= 15 is 0 Å². The lowest BCUT2D eigenvalue weighted by Gasteiger charge is -2.14. The first kappa shape index (κ1) is 26.9. The molecule has 2 aromatic heterocycles. The molecule has 37 heavy (non-hydrogen) atoms. The summed E-state index contributed by atoms with van der Waals surface area (Å²) in [5, 5.41) is 14.2. The second kappa shape index (κ2) is 12.4. The van der Waals surface area contributed by atoms with Crippen molar-refractivity contribution in [1.29, 1.82) is 0 Å². The summed E-state index contributed by atoms with van der Waals surface area (Å²) in [5.41, 5.74) is 1.96. The molecule has 192 valence electrons. The third-order valence-corrected chi connectivity index (χ3v) is 7.74. The number of thioether (sulfide) groups is 1. The molecule has 8 nitrogen and oxygen atoms in total. The Labute approximate surface area is 231 Å². The number of nitrogens with one attached hydrogen (secondary N) is 1. The van der Waals surface area contributed by atoms with Crippen LogP contribution in [-0.4, -0.2) is 39.0 Å². The molecule has 0 aliphatic carbocycles. The molecular formula is C26H25BrN4O4S2. The predicted molar refractivity (Wildman–Crippen MR) is 149 cm³/mol. The topological polar surface area (TPSA) is 95.3 Å². The molecule has 0 aliphatic rings. The molecule has 2 aromatic carbocycles. The molecule has 0 spiro atoms. The van der Waals surface area contributed by atoms with Crippen molar-refractivity contribution >= 4 is 55.9 Å². The van der Waals surface area contributed by atoms with Crippen LogP contribution in [0.1, 0.15) is 36.1 Å². The predicted octanol–water partition coefficient (Wildman–Crippen LogP) is 6.35. The highest BCUT2D eigenvalue weighted by molar-refractivity contribution is 9.10. The number of hydrogen-bond acceptors (Lipinski definition) is 8. The van der Waals surface area contributed by atoms with Crippen LogP contribution in [0, 0.1) is 0 Å². The van der Waals surface area contributed by atoms with Crippen LogP contribution in [0.4, 0.5) is 5.00 Å². The van der Waals surface area contributed by atoms with Crippen molar-refractivity contribution in [2.24, 2.45) is 7.05 Å². The summed E-state index contributed by atoms with van der Waals surface area (Å²) in [6.07, 6.45) is -0.337. The van der Waals surface area contributed by atoms with E-state index in [0.29, 0.717) is 21.5 Å². The fraction of sp³-hybridized carbons (Fsp3) is 0.231. The number of esters is 1. The summed E-state index contributed by atoms with van der Waals surface area (Å²) < 4.78 is 14.0. The maximum atomic E-state index is 12.8. The molecule has 0 bridgehead atoms. The molecule has 0 saturated heterocycles. The number of thiophene rings is 1. The Bertz CT molecular complexity index is 1370. The van der Waals surface area contributed by atoms with Crippen molar-refractivity contribution in [2.75, 3.05) is 17.7 Å². The number of rotatable bonds is 10. The highest BCUT2D eigenvalue weighted by Crippen LogP contribution is 2.36. The Balaban J connectivity index is 1.42. The summed E-state index contributed by atoms with van der Waals surface area (Å²) in [7, 11) is 1.83. The van der Waals surface area contributed by atoms with E-state index in [4.69, 9.17) is 9.47 Å². The van der Waals surface area contributed by atoms with Crippen LogP contribution in [-0.2, 0) is 16.6 Å². The zero-order valence-electron chi connectivity index (χ0n) is 20.4. The molecule has 4 aromatic rings. The molecule has 1 unspecified atom stereocenters. The zero-order chi connectivity index (χ0) is 26.4. The molecule has 4 rings (SSSR count). The van der Waals surface area contributed by atoms with Gasteiger partial charge >= 0.3 is 5.97 Å². The molecule has 1 amide bonds. The van der Waals surface area contributed by atoms with E-state index in [1.54, 1.807) is 6.92 Å². The van der Waals surface area contributed by atoms with E-state index in [1.165, 1.54) is 23.1 Å². The Kier molecular flexibility index (Phi) is 9.01. The van der Waals surface area contributed by atoms with Crippen molar-refractivity contribution in [3.63, 3.8) is 0 Å². The second-order valence-corrected chi connectivity index (χ2v) is 10.6. The molecule has 11 heteroatoms. The smallest absolute Gasteiger partial charge is 0.341 e. The largest absolute Gasteiger partial charge is 0.483 e. The highest BCUT2D eigenvalue weighted by Gasteiger charge is 2.23. The quantitative estimate of drug-likeness (QED) is 0.167. The van der Waals surface area contributed by atoms with Crippen LogP contribution < -0.4 is 10.1 Å². The Morgan fingerprint density at radius 2 is 1.86 bits per heavy atom. The van der Waals surface area contributed by atoms with Crippen molar-refractivity contribution in [1.82, 2.24) is 14.8 Å². The van der Waals surface area contributed by atoms with Gasteiger partial charge in [-0.05, 0) is 43.7 Å². The number of anilines is 1. The van der Waals surface area contributed by atoms with Crippen molar-refractivity contribution in [2.45, 2.75) is 25.1 Å². The van der Waals surface area contributed by atoms with Crippen molar-refractivity contribution in [3.05, 3.63) is 75.8 Å².